The molecule has 0 saturated heterocycles. The number of carbonyl (C=O) groups is 1. The summed E-state index contributed by atoms with van der Waals surface area (Å²) in [6.07, 6.45) is 1.78. The van der Waals surface area contributed by atoms with E-state index in [0.717, 1.165) is 32.0 Å². The van der Waals surface area contributed by atoms with Crippen molar-refractivity contribution in [2.24, 2.45) is 16.1 Å². The van der Waals surface area contributed by atoms with Crippen LogP contribution in [0, 0.1) is 5.92 Å². The highest BCUT2D eigenvalue weighted by Crippen LogP contribution is 2.33. The summed E-state index contributed by atoms with van der Waals surface area (Å²) in [5.41, 5.74) is 3.38. The van der Waals surface area contributed by atoms with Crippen LogP contribution in [0.15, 0.2) is 39.8 Å². The molecule has 1 aliphatic heterocycles. The van der Waals surface area contributed by atoms with Gasteiger partial charge in [0.1, 0.15) is 12.0 Å². The summed E-state index contributed by atoms with van der Waals surface area (Å²) in [5.74, 6) is 0.130. The van der Waals surface area contributed by atoms with Crippen LogP contribution in [0.1, 0.15) is 38.8 Å². The third-order valence-electron chi connectivity index (χ3n) is 4.43. The molecular weight excluding hydrogens is 392 g/mol. The molecule has 0 amide bonds. The Morgan fingerprint density at radius 3 is 2.82 bits per heavy atom. The number of oxime groups is 1. The average Bonchev–Trinajstić information content (AvgIpc) is 3.26. The molecule has 3 rings (SSSR count). The molecule has 0 saturated carbocycles. The second kappa shape index (κ2) is 8.92. The first-order valence-electron chi connectivity index (χ1n) is 9.11. The predicted molar refractivity (Wildman–Crippen MR) is 119 cm³/mol. The fourth-order valence-corrected chi connectivity index (χ4v) is 4.85. The minimum absolute atomic E-state index is 0.213. The van der Waals surface area contributed by atoms with Gasteiger partial charge < -0.3 is 9.57 Å². The number of hydrogen-bond donors (Lipinski definition) is 0. The predicted octanol–water partition coefficient (Wildman–Crippen LogP) is 5.50. The number of aliphatic imine (C=N–C) groups is 1. The number of thioether (sulfide) groups is 1. The standard InChI is InChI=1S/C21H24N2O3S2/c1-6-15(21(24)25-5)17-11-27-18-8-7-14(9-16(17)18)10-26-23-20-13(4)22-19(28-20)12(2)3/h6-9,11-12,19H,10H2,1-5H3. The van der Waals surface area contributed by atoms with Gasteiger partial charge in [-0.1, -0.05) is 42.9 Å². The minimum Gasteiger partial charge on any atom is -0.465 e. The van der Waals surface area contributed by atoms with E-state index in [4.69, 9.17) is 9.57 Å². The van der Waals surface area contributed by atoms with Crippen molar-refractivity contribution in [3.05, 3.63) is 40.8 Å². The maximum atomic E-state index is 12.1. The van der Waals surface area contributed by atoms with Crippen LogP contribution >= 0.6 is 23.1 Å². The van der Waals surface area contributed by atoms with Crippen LogP contribution in [0.2, 0.25) is 0 Å². The van der Waals surface area contributed by atoms with Crippen molar-refractivity contribution < 1.29 is 14.4 Å². The molecule has 2 heterocycles. The lowest BCUT2D eigenvalue weighted by Gasteiger charge is -2.08. The molecule has 1 unspecified atom stereocenters. The highest BCUT2D eigenvalue weighted by molar-refractivity contribution is 8.16. The maximum absolute atomic E-state index is 12.1. The fraction of sp³-hybridized carbons (Fsp3) is 0.381. The SMILES string of the molecule is CC=C(C(=O)OC)c1csc2ccc(CON=C3SC(C(C)C)N=C3C)cc12. The molecular formula is C21H24N2O3S2. The van der Waals surface area contributed by atoms with Gasteiger partial charge in [-0.3, -0.25) is 4.99 Å². The van der Waals surface area contributed by atoms with E-state index in [-0.39, 0.29) is 11.3 Å². The van der Waals surface area contributed by atoms with Gasteiger partial charge in [-0.05, 0) is 37.5 Å². The Bertz CT molecular complexity index is 973. The quantitative estimate of drug-likeness (QED) is 0.354. The van der Waals surface area contributed by atoms with Crippen molar-refractivity contribution in [1.82, 2.24) is 0 Å². The van der Waals surface area contributed by atoms with Crippen molar-refractivity contribution in [2.75, 3.05) is 7.11 Å². The maximum Gasteiger partial charge on any atom is 0.338 e. The normalized spacial score (nSPS) is 18.8. The molecule has 1 aromatic carbocycles. The number of benzene rings is 1. The van der Waals surface area contributed by atoms with Gasteiger partial charge in [0.25, 0.3) is 0 Å². The third kappa shape index (κ3) is 4.31. The van der Waals surface area contributed by atoms with E-state index in [0.29, 0.717) is 18.1 Å². The summed E-state index contributed by atoms with van der Waals surface area (Å²) >= 11 is 3.25. The number of esters is 1. The van der Waals surface area contributed by atoms with Gasteiger partial charge in [0.15, 0.2) is 5.04 Å². The highest BCUT2D eigenvalue weighted by Gasteiger charge is 2.25. The largest absolute Gasteiger partial charge is 0.465 e. The lowest BCUT2D eigenvalue weighted by Crippen LogP contribution is -2.05. The first kappa shape index (κ1) is 20.6. The smallest absolute Gasteiger partial charge is 0.338 e. The zero-order valence-corrected chi connectivity index (χ0v) is 18.3. The number of nitrogens with zero attached hydrogens (tertiary/aromatic N) is 2. The van der Waals surface area contributed by atoms with Gasteiger partial charge in [-0.15, -0.1) is 11.3 Å². The molecule has 1 aliphatic rings. The minimum atomic E-state index is -0.331. The first-order valence-corrected chi connectivity index (χ1v) is 10.9. The van der Waals surface area contributed by atoms with Crippen molar-refractivity contribution >= 4 is 55.5 Å². The fourth-order valence-electron chi connectivity index (χ4n) is 2.88. The van der Waals surface area contributed by atoms with E-state index < -0.39 is 0 Å². The number of allylic oxidation sites excluding steroid dienone is 1. The Morgan fingerprint density at radius 2 is 2.18 bits per heavy atom. The lowest BCUT2D eigenvalue weighted by atomic mass is 10.0. The Labute approximate surface area is 173 Å². The van der Waals surface area contributed by atoms with Crippen LogP contribution in [0.4, 0.5) is 0 Å². The number of thiophene rings is 1. The molecule has 0 spiro atoms. The van der Waals surface area contributed by atoms with E-state index in [1.165, 1.54) is 7.11 Å². The highest BCUT2D eigenvalue weighted by atomic mass is 32.2. The van der Waals surface area contributed by atoms with E-state index in [9.17, 15) is 4.79 Å². The van der Waals surface area contributed by atoms with Crippen molar-refractivity contribution in [1.29, 1.82) is 0 Å². The molecule has 0 bridgehead atoms. The van der Waals surface area contributed by atoms with Crippen molar-refractivity contribution in [2.45, 2.75) is 39.7 Å². The number of rotatable bonds is 6. The van der Waals surface area contributed by atoms with Gasteiger partial charge >= 0.3 is 5.97 Å². The molecule has 2 aromatic rings. The number of hydrogen-bond acceptors (Lipinski definition) is 7. The zero-order chi connectivity index (χ0) is 20.3. The molecule has 148 valence electrons. The van der Waals surface area contributed by atoms with Crippen LogP contribution in [0.5, 0.6) is 0 Å². The molecule has 5 nitrogen and oxygen atoms in total. The van der Waals surface area contributed by atoms with E-state index >= 15 is 0 Å². The molecule has 1 atom stereocenters. The summed E-state index contributed by atoms with van der Waals surface area (Å²) in [5, 5.41) is 8.35. The van der Waals surface area contributed by atoms with Crippen LogP contribution < -0.4 is 0 Å². The van der Waals surface area contributed by atoms with Crippen LogP contribution in [0.3, 0.4) is 0 Å². The average molecular weight is 417 g/mol. The molecule has 7 heteroatoms. The van der Waals surface area contributed by atoms with Gasteiger partial charge in [-0.2, -0.15) is 0 Å². The number of fused-ring (bicyclic) bond motifs is 1. The first-order chi connectivity index (χ1) is 13.4. The monoisotopic (exact) mass is 416 g/mol. The summed E-state index contributed by atoms with van der Waals surface area (Å²) < 4.78 is 6.02. The van der Waals surface area contributed by atoms with Gasteiger partial charge in [0, 0.05) is 21.0 Å². The Morgan fingerprint density at radius 1 is 1.39 bits per heavy atom. The van der Waals surface area contributed by atoms with Crippen LogP contribution in [-0.4, -0.2) is 29.2 Å². The summed E-state index contributed by atoms with van der Waals surface area (Å²) in [6.45, 7) is 8.47. The van der Waals surface area contributed by atoms with Crippen molar-refractivity contribution in [3.8, 4) is 0 Å². The number of methoxy groups -OCH3 is 1. The molecule has 0 radical (unpaired) electrons. The zero-order valence-electron chi connectivity index (χ0n) is 16.7. The van der Waals surface area contributed by atoms with Gasteiger partial charge in [0.2, 0.25) is 0 Å². The Hall–Kier alpha value is -2.12. The molecule has 1 aromatic heterocycles. The van der Waals surface area contributed by atoms with Crippen molar-refractivity contribution in [3.63, 3.8) is 0 Å². The van der Waals surface area contributed by atoms with Gasteiger partial charge in [-0.25, -0.2) is 4.79 Å². The Kier molecular flexibility index (Phi) is 6.57. The summed E-state index contributed by atoms with van der Waals surface area (Å²) in [7, 11) is 1.40. The number of ether oxygens (including phenoxy) is 1. The second-order valence-electron chi connectivity index (χ2n) is 6.81. The van der Waals surface area contributed by atoms with E-state index in [1.54, 1.807) is 29.2 Å². The Balaban J connectivity index is 1.76. The van der Waals surface area contributed by atoms with E-state index in [1.807, 2.05) is 37.4 Å². The van der Waals surface area contributed by atoms with Gasteiger partial charge in [0.05, 0.1) is 18.4 Å². The molecule has 0 fully saturated rings. The summed E-state index contributed by atoms with van der Waals surface area (Å²) in [4.78, 5) is 22.3. The number of carbonyl (C=O) groups excluding carboxylic acids is 1. The topological polar surface area (TPSA) is 60.2 Å². The molecule has 0 aliphatic carbocycles. The lowest BCUT2D eigenvalue weighted by molar-refractivity contribution is -0.133. The van der Waals surface area contributed by atoms with E-state index in [2.05, 4.69) is 24.0 Å². The van der Waals surface area contributed by atoms with Crippen LogP contribution in [0.25, 0.3) is 15.7 Å². The molecule has 28 heavy (non-hydrogen) atoms. The second-order valence-corrected chi connectivity index (χ2v) is 8.83. The molecule has 0 N–H and O–H groups in total. The third-order valence-corrected chi connectivity index (χ3v) is 6.88. The summed E-state index contributed by atoms with van der Waals surface area (Å²) in [6, 6.07) is 6.12. The van der Waals surface area contributed by atoms with Crippen LogP contribution in [-0.2, 0) is 21.0 Å².